The van der Waals surface area contributed by atoms with Crippen LogP contribution in [0.2, 0.25) is 0 Å². The van der Waals surface area contributed by atoms with Gasteiger partial charge in [-0.15, -0.1) is 0 Å². The Labute approximate surface area is 232 Å². The van der Waals surface area contributed by atoms with Crippen LogP contribution in [0.15, 0.2) is 97.1 Å². The largest absolute Gasteiger partial charge is 0.497 e. The average molecular weight is 523 g/mol. The van der Waals surface area contributed by atoms with Crippen molar-refractivity contribution < 1.29 is 14.2 Å². The molecular formula is C34H38N2O3. The summed E-state index contributed by atoms with van der Waals surface area (Å²) in [7, 11) is 11.7. The molecule has 0 aromatic heterocycles. The summed E-state index contributed by atoms with van der Waals surface area (Å²) in [5.41, 5.74) is 7.14. The number of hydrogen-bond acceptors (Lipinski definition) is 5. The molecule has 0 radical (unpaired) electrons. The van der Waals surface area contributed by atoms with Gasteiger partial charge in [-0.2, -0.15) is 0 Å². The third kappa shape index (κ3) is 5.45. The first-order valence-electron chi connectivity index (χ1n) is 13.4. The topological polar surface area (TPSA) is 34.2 Å². The van der Waals surface area contributed by atoms with Gasteiger partial charge in [0, 0.05) is 51.4 Å². The zero-order chi connectivity index (χ0) is 27.5. The van der Waals surface area contributed by atoms with Gasteiger partial charge in [0.05, 0.1) is 26.4 Å². The first-order chi connectivity index (χ1) is 18.9. The molecule has 5 nitrogen and oxygen atoms in total. The molecule has 4 aromatic rings. The fraction of sp³-hybridized carbons (Fsp3) is 0.294. The maximum atomic E-state index is 7.09. The van der Waals surface area contributed by atoms with Gasteiger partial charge >= 0.3 is 0 Å². The van der Waals surface area contributed by atoms with Crippen LogP contribution in [-0.4, -0.2) is 42.4 Å². The number of hydrogen-bond donors (Lipinski definition) is 0. The third-order valence-electron chi connectivity index (χ3n) is 7.81. The molecule has 1 saturated heterocycles. The summed E-state index contributed by atoms with van der Waals surface area (Å²) in [6.07, 6.45) is -0.250. The lowest BCUT2D eigenvalue weighted by molar-refractivity contribution is 0.0367. The minimum Gasteiger partial charge on any atom is -0.497 e. The van der Waals surface area contributed by atoms with Gasteiger partial charge in [0.2, 0.25) is 0 Å². The minimum absolute atomic E-state index is 0.0908. The van der Waals surface area contributed by atoms with Crippen LogP contribution in [0.5, 0.6) is 11.5 Å². The van der Waals surface area contributed by atoms with E-state index in [-0.39, 0.29) is 24.0 Å². The second-order valence-corrected chi connectivity index (χ2v) is 10.5. The number of nitrogens with zero attached hydrogens (tertiary/aromatic N) is 2. The average Bonchev–Trinajstić information content (AvgIpc) is 3.38. The second-order valence-electron chi connectivity index (χ2n) is 10.5. The molecule has 0 amide bonds. The Morgan fingerprint density at radius 1 is 0.462 bits per heavy atom. The van der Waals surface area contributed by atoms with E-state index < -0.39 is 0 Å². The number of rotatable bonds is 8. The Bertz CT molecular complexity index is 1240. The van der Waals surface area contributed by atoms with Crippen LogP contribution in [-0.2, 0) is 4.74 Å². The van der Waals surface area contributed by atoms with E-state index in [0.29, 0.717) is 0 Å². The molecule has 1 fully saturated rings. The summed E-state index contributed by atoms with van der Waals surface area (Å²) in [6.45, 7) is 0. The molecule has 1 aliphatic rings. The highest BCUT2D eigenvalue weighted by Crippen LogP contribution is 2.59. The SMILES string of the molecule is COc1ccc([C@@H]2[C@@H](c3ccc(OC)cc3)[C@H](c3ccc(N(C)C)cc3)O[C@H]2c2ccc(N(C)C)cc2)cc1. The van der Waals surface area contributed by atoms with Gasteiger partial charge in [-0.25, -0.2) is 0 Å². The van der Waals surface area contributed by atoms with E-state index in [4.69, 9.17) is 14.2 Å². The minimum atomic E-state index is -0.125. The fourth-order valence-corrected chi connectivity index (χ4v) is 5.62. The Morgan fingerprint density at radius 2 is 0.769 bits per heavy atom. The molecule has 202 valence electrons. The number of benzene rings is 4. The molecule has 0 unspecified atom stereocenters. The van der Waals surface area contributed by atoms with Crippen molar-refractivity contribution in [3.63, 3.8) is 0 Å². The highest BCUT2D eigenvalue weighted by molar-refractivity contribution is 5.50. The van der Waals surface area contributed by atoms with E-state index in [1.54, 1.807) is 14.2 Å². The van der Waals surface area contributed by atoms with Gasteiger partial charge in [0.1, 0.15) is 11.5 Å². The summed E-state index contributed by atoms with van der Waals surface area (Å²) >= 11 is 0. The van der Waals surface area contributed by atoms with Crippen molar-refractivity contribution in [2.24, 2.45) is 0 Å². The van der Waals surface area contributed by atoms with Crippen molar-refractivity contribution in [3.05, 3.63) is 119 Å². The van der Waals surface area contributed by atoms with Crippen molar-refractivity contribution >= 4 is 11.4 Å². The van der Waals surface area contributed by atoms with Crippen LogP contribution in [0.25, 0.3) is 0 Å². The zero-order valence-electron chi connectivity index (χ0n) is 23.7. The van der Waals surface area contributed by atoms with Crippen LogP contribution in [0.1, 0.15) is 46.3 Å². The summed E-state index contributed by atoms with van der Waals surface area (Å²) in [6, 6.07) is 34.4. The third-order valence-corrected chi connectivity index (χ3v) is 7.81. The molecule has 0 saturated carbocycles. The smallest absolute Gasteiger partial charge is 0.118 e. The van der Waals surface area contributed by atoms with E-state index in [2.05, 4.69) is 111 Å². The van der Waals surface area contributed by atoms with Gasteiger partial charge < -0.3 is 24.0 Å². The van der Waals surface area contributed by atoms with Crippen molar-refractivity contribution in [3.8, 4) is 11.5 Å². The van der Waals surface area contributed by atoms with Crippen molar-refractivity contribution in [2.45, 2.75) is 24.0 Å². The Balaban J connectivity index is 1.65. The predicted molar refractivity (Wildman–Crippen MR) is 160 cm³/mol. The van der Waals surface area contributed by atoms with E-state index in [0.717, 1.165) is 11.5 Å². The van der Waals surface area contributed by atoms with E-state index in [1.807, 2.05) is 24.3 Å². The quantitative estimate of drug-likeness (QED) is 0.244. The molecule has 1 heterocycles. The summed E-state index contributed by atoms with van der Waals surface area (Å²) in [4.78, 5) is 4.24. The van der Waals surface area contributed by atoms with Gasteiger partial charge in [-0.1, -0.05) is 48.5 Å². The first-order valence-corrected chi connectivity index (χ1v) is 13.4. The molecule has 4 atom stereocenters. The van der Waals surface area contributed by atoms with Crippen LogP contribution in [0, 0.1) is 0 Å². The van der Waals surface area contributed by atoms with E-state index >= 15 is 0 Å². The highest BCUT2D eigenvalue weighted by atomic mass is 16.5. The van der Waals surface area contributed by atoms with E-state index in [9.17, 15) is 0 Å². The lowest BCUT2D eigenvalue weighted by Gasteiger charge is -2.26. The monoisotopic (exact) mass is 522 g/mol. The molecular weight excluding hydrogens is 484 g/mol. The second kappa shape index (κ2) is 11.4. The maximum Gasteiger partial charge on any atom is 0.118 e. The zero-order valence-corrected chi connectivity index (χ0v) is 23.7. The van der Waals surface area contributed by atoms with Gasteiger partial charge in [-0.05, 0) is 70.8 Å². The van der Waals surface area contributed by atoms with Crippen molar-refractivity contribution in [2.75, 3.05) is 52.2 Å². The number of anilines is 2. The normalized spacial score (nSPS) is 20.5. The number of methoxy groups -OCH3 is 2. The van der Waals surface area contributed by atoms with Crippen LogP contribution >= 0.6 is 0 Å². The molecule has 5 rings (SSSR count). The lowest BCUT2D eigenvalue weighted by Crippen LogP contribution is -2.14. The fourth-order valence-electron chi connectivity index (χ4n) is 5.62. The first kappa shape index (κ1) is 26.6. The molecule has 0 aliphatic carbocycles. The molecule has 1 aliphatic heterocycles. The Hall–Kier alpha value is -3.96. The summed E-state index contributed by atoms with van der Waals surface area (Å²) in [5, 5.41) is 0. The Morgan fingerprint density at radius 3 is 1.05 bits per heavy atom. The summed E-state index contributed by atoms with van der Waals surface area (Å²) in [5.74, 6) is 1.88. The highest BCUT2D eigenvalue weighted by Gasteiger charge is 2.47. The van der Waals surface area contributed by atoms with Gasteiger partial charge in [-0.3, -0.25) is 0 Å². The van der Waals surface area contributed by atoms with Crippen molar-refractivity contribution in [1.29, 1.82) is 0 Å². The van der Waals surface area contributed by atoms with Crippen LogP contribution in [0.4, 0.5) is 11.4 Å². The number of ether oxygens (including phenoxy) is 3. The van der Waals surface area contributed by atoms with Gasteiger partial charge in [0.25, 0.3) is 0 Å². The van der Waals surface area contributed by atoms with Crippen molar-refractivity contribution in [1.82, 2.24) is 0 Å². The molecule has 0 spiro atoms. The van der Waals surface area contributed by atoms with Crippen LogP contribution < -0.4 is 19.3 Å². The maximum absolute atomic E-state index is 7.09. The van der Waals surface area contributed by atoms with Gasteiger partial charge in [0.15, 0.2) is 0 Å². The van der Waals surface area contributed by atoms with Crippen LogP contribution in [0.3, 0.4) is 0 Å². The predicted octanol–water partition coefficient (Wildman–Crippen LogP) is 7.22. The Kier molecular flexibility index (Phi) is 7.80. The summed E-state index contributed by atoms with van der Waals surface area (Å²) < 4.78 is 18.1. The van der Waals surface area contributed by atoms with E-state index in [1.165, 1.54) is 33.6 Å². The molecule has 0 N–H and O–H groups in total. The molecule has 4 aromatic carbocycles. The molecule has 0 bridgehead atoms. The standard InChI is InChI=1S/C34H38N2O3/c1-35(2)27-15-7-25(8-16-27)33-31(23-11-19-29(37-5)20-12-23)32(24-13-21-30(38-6)22-14-24)34(39-33)26-9-17-28(18-10-26)36(3)4/h7-22,31-34H,1-6H3/t31-,32-,33+,34+/m1/s1. The molecule has 5 heteroatoms. The lowest BCUT2D eigenvalue weighted by atomic mass is 9.75. The molecule has 39 heavy (non-hydrogen) atoms.